The summed E-state index contributed by atoms with van der Waals surface area (Å²) in [6.07, 6.45) is 3.17. The number of rotatable bonds is 8. The topological polar surface area (TPSA) is 85.8 Å². The summed E-state index contributed by atoms with van der Waals surface area (Å²) in [6.45, 7) is 8.16. The minimum Gasteiger partial charge on any atom is -0.395 e. The molecule has 24 heavy (non-hydrogen) atoms. The third-order valence-corrected chi connectivity index (χ3v) is 5.80. The SMILES string of the molecule is CCCC(C)NS(=O)(=O)c1ccc(N2CCN(CCO)CC2)nc1. The number of piperazine rings is 1. The maximum absolute atomic E-state index is 12.3. The molecule has 1 aliphatic heterocycles. The summed E-state index contributed by atoms with van der Waals surface area (Å²) in [5.74, 6) is 0.791. The second-order valence-electron chi connectivity index (χ2n) is 6.22. The highest BCUT2D eigenvalue weighted by molar-refractivity contribution is 7.89. The van der Waals surface area contributed by atoms with Crippen molar-refractivity contribution in [1.29, 1.82) is 0 Å². The molecule has 0 bridgehead atoms. The minimum atomic E-state index is -3.51. The smallest absolute Gasteiger partial charge is 0.242 e. The Bertz CT molecular complexity index is 598. The number of pyridine rings is 1. The van der Waals surface area contributed by atoms with Crippen molar-refractivity contribution in [3.63, 3.8) is 0 Å². The predicted molar refractivity (Wildman–Crippen MR) is 94.7 cm³/mol. The van der Waals surface area contributed by atoms with E-state index in [-0.39, 0.29) is 17.5 Å². The summed E-state index contributed by atoms with van der Waals surface area (Å²) in [4.78, 5) is 8.87. The number of nitrogens with one attached hydrogen (secondary N) is 1. The molecular formula is C16H28N4O3S. The first kappa shape index (κ1) is 19.1. The van der Waals surface area contributed by atoms with Crippen molar-refractivity contribution >= 4 is 15.8 Å². The zero-order chi connectivity index (χ0) is 17.6. The number of hydrogen-bond donors (Lipinski definition) is 2. The van der Waals surface area contributed by atoms with E-state index in [1.165, 1.54) is 6.20 Å². The van der Waals surface area contributed by atoms with Gasteiger partial charge in [-0.05, 0) is 25.5 Å². The van der Waals surface area contributed by atoms with Gasteiger partial charge in [0.1, 0.15) is 10.7 Å². The largest absolute Gasteiger partial charge is 0.395 e. The van der Waals surface area contributed by atoms with E-state index in [9.17, 15) is 8.42 Å². The minimum absolute atomic E-state index is 0.0840. The van der Waals surface area contributed by atoms with Crippen LogP contribution >= 0.6 is 0 Å². The summed E-state index contributed by atoms with van der Waals surface area (Å²) >= 11 is 0. The standard InChI is InChI=1S/C16H28N4O3S/c1-3-4-14(2)18-24(22,23)15-5-6-16(17-13-15)20-9-7-19(8-10-20)11-12-21/h5-6,13-14,18,21H,3-4,7-12H2,1-2H3. The summed E-state index contributed by atoms with van der Waals surface area (Å²) in [5, 5.41) is 8.97. The molecule has 1 aromatic heterocycles. The third kappa shape index (κ3) is 5.14. The molecule has 0 aromatic carbocycles. The van der Waals surface area contributed by atoms with Crippen LogP contribution in [0.3, 0.4) is 0 Å². The Kier molecular flexibility index (Phi) is 6.97. The number of nitrogens with zero attached hydrogens (tertiary/aromatic N) is 3. The van der Waals surface area contributed by atoms with Gasteiger partial charge in [-0.3, -0.25) is 4.90 Å². The zero-order valence-electron chi connectivity index (χ0n) is 14.5. The van der Waals surface area contributed by atoms with E-state index >= 15 is 0 Å². The number of β-amino-alcohol motifs (C(OH)–C–C–N with tert-alkyl or cyclic N) is 1. The molecule has 7 nitrogen and oxygen atoms in total. The Hall–Kier alpha value is -1.22. The number of anilines is 1. The van der Waals surface area contributed by atoms with Crippen LogP contribution in [0.4, 0.5) is 5.82 Å². The van der Waals surface area contributed by atoms with Crippen LogP contribution in [-0.2, 0) is 10.0 Å². The van der Waals surface area contributed by atoms with Crippen LogP contribution in [0.25, 0.3) is 0 Å². The van der Waals surface area contributed by atoms with E-state index in [1.54, 1.807) is 12.1 Å². The lowest BCUT2D eigenvalue weighted by Crippen LogP contribution is -2.47. The zero-order valence-corrected chi connectivity index (χ0v) is 15.3. The maximum Gasteiger partial charge on any atom is 0.242 e. The molecule has 2 N–H and O–H groups in total. The van der Waals surface area contributed by atoms with Gasteiger partial charge in [0, 0.05) is 45.0 Å². The van der Waals surface area contributed by atoms with Crippen molar-refractivity contribution in [2.75, 3.05) is 44.2 Å². The first-order valence-corrected chi connectivity index (χ1v) is 10.0. The van der Waals surface area contributed by atoms with Crippen molar-refractivity contribution in [2.45, 2.75) is 37.6 Å². The van der Waals surface area contributed by atoms with Gasteiger partial charge in [0.15, 0.2) is 0 Å². The van der Waals surface area contributed by atoms with Crippen molar-refractivity contribution in [1.82, 2.24) is 14.6 Å². The molecule has 2 heterocycles. The van der Waals surface area contributed by atoms with Gasteiger partial charge in [-0.1, -0.05) is 13.3 Å². The van der Waals surface area contributed by atoms with Crippen LogP contribution < -0.4 is 9.62 Å². The monoisotopic (exact) mass is 356 g/mol. The molecular weight excluding hydrogens is 328 g/mol. The molecule has 136 valence electrons. The summed E-state index contributed by atoms with van der Waals surface area (Å²) in [6, 6.07) is 3.30. The van der Waals surface area contributed by atoms with Crippen molar-refractivity contribution < 1.29 is 13.5 Å². The van der Waals surface area contributed by atoms with E-state index in [0.717, 1.165) is 44.8 Å². The third-order valence-electron chi connectivity index (χ3n) is 4.22. The molecule has 0 radical (unpaired) electrons. The number of aromatic nitrogens is 1. The highest BCUT2D eigenvalue weighted by atomic mass is 32.2. The van der Waals surface area contributed by atoms with Gasteiger partial charge < -0.3 is 10.0 Å². The molecule has 1 saturated heterocycles. The lowest BCUT2D eigenvalue weighted by atomic mass is 10.2. The molecule has 1 atom stereocenters. The number of sulfonamides is 1. The average Bonchev–Trinajstić information content (AvgIpc) is 2.56. The fourth-order valence-corrected chi connectivity index (χ4v) is 4.11. The van der Waals surface area contributed by atoms with Crippen LogP contribution in [0.15, 0.2) is 23.2 Å². The van der Waals surface area contributed by atoms with Gasteiger partial charge in [-0.2, -0.15) is 0 Å². The van der Waals surface area contributed by atoms with Gasteiger partial charge in [0.25, 0.3) is 0 Å². The summed E-state index contributed by atoms with van der Waals surface area (Å²) in [7, 11) is -3.51. The van der Waals surface area contributed by atoms with Crippen LogP contribution in [-0.4, -0.2) is 68.8 Å². The predicted octanol–water partition coefficient (Wildman–Crippen LogP) is 0.663. The van der Waals surface area contributed by atoms with Crippen molar-refractivity contribution in [2.24, 2.45) is 0 Å². The van der Waals surface area contributed by atoms with Crippen LogP contribution in [0.2, 0.25) is 0 Å². The van der Waals surface area contributed by atoms with Crippen molar-refractivity contribution in [3.05, 3.63) is 18.3 Å². The number of aliphatic hydroxyl groups excluding tert-OH is 1. The molecule has 0 amide bonds. The highest BCUT2D eigenvalue weighted by Crippen LogP contribution is 2.17. The first-order valence-electron chi connectivity index (χ1n) is 8.53. The lowest BCUT2D eigenvalue weighted by molar-refractivity contribution is 0.188. The van der Waals surface area contributed by atoms with E-state index in [4.69, 9.17) is 5.11 Å². The quantitative estimate of drug-likeness (QED) is 0.712. The van der Waals surface area contributed by atoms with E-state index in [0.29, 0.717) is 6.54 Å². The fourth-order valence-electron chi connectivity index (χ4n) is 2.89. The van der Waals surface area contributed by atoms with Gasteiger partial charge in [0.05, 0.1) is 6.61 Å². The van der Waals surface area contributed by atoms with E-state index in [1.807, 2.05) is 13.8 Å². The number of hydrogen-bond acceptors (Lipinski definition) is 6. The molecule has 0 aliphatic carbocycles. The average molecular weight is 356 g/mol. The Morgan fingerprint density at radius 3 is 2.54 bits per heavy atom. The second-order valence-corrected chi connectivity index (χ2v) is 7.93. The Morgan fingerprint density at radius 2 is 2.00 bits per heavy atom. The van der Waals surface area contributed by atoms with E-state index < -0.39 is 10.0 Å². The Morgan fingerprint density at radius 1 is 1.29 bits per heavy atom. The van der Waals surface area contributed by atoms with Gasteiger partial charge in [-0.15, -0.1) is 0 Å². The van der Waals surface area contributed by atoms with Gasteiger partial charge >= 0.3 is 0 Å². The first-order chi connectivity index (χ1) is 11.5. The molecule has 1 fully saturated rings. The lowest BCUT2D eigenvalue weighted by Gasteiger charge is -2.35. The highest BCUT2D eigenvalue weighted by Gasteiger charge is 2.20. The van der Waals surface area contributed by atoms with Crippen LogP contribution in [0, 0.1) is 0 Å². The molecule has 8 heteroatoms. The van der Waals surface area contributed by atoms with Crippen LogP contribution in [0.1, 0.15) is 26.7 Å². The molecule has 0 saturated carbocycles. The second kappa shape index (κ2) is 8.75. The molecule has 1 unspecified atom stereocenters. The molecule has 1 aliphatic rings. The normalized spacial score (nSPS) is 17.9. The molecule has 1 aromatic rings. The van der Waals surface area contributed by atoms with Gasteiger partial charge in [0.2, 0.25) is 10.0 Å². The van der Waals surface area contributed by atoms with Crippen molar-refractivity contribution in [3.8, 4) is 0 Å². The van der Waals surface area contributed by atoms with Gasteiger partial charge in [-0.25, -0.2) is 18.1 Å². The summed E-state index contributed by atoms with van der Waals surface area (Å²) < 4.78 is 27.3. The molecule has 0 spiro atoms. The Labute approximate surface area is 144 Å². The van der Waals surface area contributed by atoms with E-state index in [2.05, 4.69) is 19.5 Å². The summed E-state index contributed by atoms with van der Waals surface area (Å²) in [5.41, 5.74) is 0. The maximum atomic E-state index is 12.3. The van der Waals surface area contributed by atoms with Crippen LogP contribution in [0.5, 0.6) is 0 Å². The Balaban J connectivity index is 1.98. The fraction of sp³-hybridized carbons (Fsp3) is 0.688. The molecule has 2 rings (SSSR count). The number of aliphatic hydroxyl groups is 1.